The first-order valence-electron chi connectivity index (χ1n) is 12.2. The maximum Gasteiger partial charge on any atom is 0.259 e. The molecule has 4 heteroatoms. The van der Waals surface area contributed by atoms with Crippen LogP contribution < -0.4 is 10.2 Å². The molecule has 0 saturated carbocycles. The maximum atomic E-state index is 13.7. The number of allylic oxidation sites excluding steroid dienone is 1. The molecule has 1 amide bonds. The highest BCUT2D eigenvalue weighted by Gasteiger charge is 2.43. The molecule has 2 aliphatic heterocycles. The number of nitrogens with one attached hydrogen (secondary N) is 1. The molecule has 0 spiro atoms. The number of hydrogen-bond donors (Lipinski definition) is 1. The molecule has 1 atom stereocenters. The van der Waals surface area contributed by atoms with E-state index in [2.05, 4.69) is 95.4 Å². The Labute approximate surface area is 213 Å². The monoisotopic (exact) mass is 484 g/mol. The van der Waals surface area contributed by atoms with E-state index >= 15 is 0 Å². The molecule has 35 heavy (non-hydrogen) atoms. The maximum absolute atomic E-state index is 13.7. The van der Waals surface area contributed by atoms with E-state index in [4.69, 9.17) is 11.6 Å². The number of para-hydroxylation sites is 1. The smallest absolute Gasteiger partial charge is 0.259 e. The summed E-state index contributed by atoms with van der Waals surface area (Å²) in [5.41, 5.74) is 7.00. The first-order chi connectivity index (χ1) is 16.4. The van der Waals surface area contributed by atoms with Crippen molar-refractivity contribution in [3.63, 3.8) is 0 Å². The average molecular weight is 485 g/mol. The standard InChI is InChI=1S/C31H33ClN2O/c1-20-18-30(4,5)34(28(35)21-11-14-23(32)15-12-21)27-16-13-22(17-24(20)27)31(6)19-29(2,3)33-26-10-8-7-9-25(26)31/h7-18,33H,19H2,1-6H3. The van der Waals surface area contributed by atoms with Gasteiger partial charge in [0, 0.05) is 32.8 Å². The number of carbonyl (C=O) groups is 1. The van der Waals surface area contributed by atoms with Crippen molar-refractivity contribution < 1.29 is 4.79 Å². The van der Waals surface area contributed by atoms with Gasteiger partial charge in [-0.25, -0.2) is 0 Å². The van der Waals surface area contributed by atoms with E-state index < -0.39 is 5.54 Å². The van der Waals surface area contributed by atoms with Crippen LogP contribution in [0.3, 0.4) is 0 Å². The SMILES string of the molecule is CC1=CC(C)(C)N(C(=O)c2ccc(Cl)cc2)c2ccc(C3(C)CC(C)(C)Nc4ccccc43)cc21. The van der Waals surface area contributed by atoms with E-state index in [1.807, 2.05) is 4.90 Å². The molecule has 3 nitrogen and oxygen atoms in total. The van der Waals surface area contributed by atoms with Gasteiger partial charge in [-0.2, -0.15) is 0 Å². The molecule has 5 rings (SSSR count). The third-order valence-electron chi connectivity index (χ3n) is 7.53. The highest BCUT2D eigenvalue weighted by atomic mass is 35.5. The Hall–Kier alpha value is -3.04. The van der Waals surface area contributed by atoms with Crippen LogP contribution in [-0.4, -0.2) is 17.0 Å². The van der Waals surface area contributed by atoms with E-state index in [1.165, 1.54) is 22.4 Å². The number of hydrogen-bond acceptors (Lipinski definition) is 2. The number of amides is 1. The highest BCUT2D eigenvalue weighted by molar-refractivity contribution is 6.30. The van der Waals surface area contributed by atoms with Gasteiger partial charge in [-0.15, -0.1) is 0 Å². The number of carbonyl (C=O) groups excluding carboxylic acids is 1. The Morgan fingerprint density at radius 3 is 2.34 bits per heavy atom. The fourth-order valence-corrected chi connectivity index (χ4v) is 6.31. The molecule has 0 aromatic heterocycles. The van der Waals surface area contributed by atoms with E-state index in [9.17, 15) is 4.79 Å². The fourth-order valence-electron chi connectivity index (χ4n) is 6.18. The zero-order chi connectivity index (χ0) is 25.2. The minimum absolute atomic E-state index is 0.0241. The molecule has 0 saturated heterocycles. The Morgan fingerprint density at radius 2 is 1.63 bits per heavy atom. The fraction of sp³-hybridized carbons (Fsp3) is 0.323. The van der Waals surface area contributed by atoms with Crippen LogP contribution in [-0.2, 0) is 5.41 Å². The van der Waals surface area contributed by atoms with Crippen molar-refractivity contribution in [2.24, 2.45) is 0 Å². The summed E-state index contributed by atoms with van der Waals surface area (Å²) in [7, 11) is 0. The second-order valence-corrected chi connectivity index (χ2v) is 11.9. The summed E-state index contributed by atoms with van der Waals surface area (Å²) in [6.07, 6.45) is 3.17. The zero-order valence-electron chi connectivity index (χ0n) is 21.4. The minimum atomic E-state index is -0.456. The summed E-state index contributed by atoms with van der Waals surface area (Å²) < 4.78 is 0. The zero-order valence-corrected chi connectivity index (χ0v) is 22.1. The number of halogens is 1. The molecule has 0 radical (unpaired) electrons. The van der Waals surface area contributed by atoms with Gasteiger partial charge in [0.05, 0.1) is 11.2 Å². The molecule has 0 fully saturated rings. The largest absolute Gasteiger partial charge is 0.380 e. The lowest BCUT2D eigenvalue weighted by Gasteiger charge is -2.47. The van der Waals surface area contributed by atoms with Gasteiger partial charge in [-0.1, -0.05) is 48.9 Å². The van der Waals surface area contributed by atoms with E-state index in [0.29, 0.717) is 10.6 Å². The summed E-state index contributed by atoms with van der Waals surface area (Å²) >= 11 is 6.08. The van der Waals surface area contributed by atoms with Crippen LogP contribution in [0, 0.1) is 0 Å². The summed E-state index contributed by atoms with van der Waals surface area (Å²) in [5.74, 6) is -0.0241. The van der Waals surface area contributed by atoms with Crippen LogP contribution in [0.4, 0.5) is 11.4 Å². The van der Waals surface area contributed by atoms with Crippen molar-refractivity contribution >= 4 is 34.5 Å². The number of fused-ring (bicyclic) bond motifs is 2. The van der Waals surface area contributed by atoms with Gasteiger partial charge < -0.3 is 5.32 Å². The average Bonchev–Trinajstić information content (AvgIpc) is 2.78. The predicted octanol–water partition coefficient (Wildman–Crippen LogP) is 8.08. The molecule has 1 unspecified atom stereocenters. The van der Waals surface area contributed by atoms with Crippen LogP contribution in [0.25, 0.3) is 5.57 Å². The van der Waals surface area contributed by atoms with Gasteiger partial charge in [0.15, 0.2) is 0 Å². The normalized spacial score (nSPS) is 21.9. The number of rotatable bonds is 2. The molecule has 3 aromatic carbocycles. The molecule has 1 N–H and O–H groups in total. The summed E-state index contributed by atoms with van der Waals surface area (Å²) in [4.78, 5) is 15.7. The van der Waals surface area contributed by atoms with Crippen molar-refractivity contribution in [1.29, 1.82) is 0 Å². The predicted molar refractivity (Wildman–Crippen MR) is 148 cm³/mol. The van der Waals surface area contributed by atoms with Crippen molar-refractivity contribution in [3.05, 3.63) is 100 Å². The molecular weight excluding hydrogens is 452 g/mol. The topological polar surface area (TPSA) is 32.3 Å². The van der Waals surface area contributed by atoms with Crippen LogP contribution >= 0.6 is 11.6 Å². The Morgan fingerprint density at radius 1 is 0.943 bits per heavy atom. The Kier molecular flexibility index (Phi) is 5.41. The van der Waals surface area contributed by atoms with Crippen LogP contribution in [0.15, 0.2) is 72.8 Å². The third-order valence-corrected chi connectivity index (χ3v) is 7.78. The van der Waals surface area contributed by atoms with E-state index in [0.717, 1.165) is 17.7 Å². The quantitative estimate of drug-likeness (QED) is 0.398. The van der Waals surface area contributed by atoms with Gasteiger partial charge in [0.2, 0.25) is 0 Å². The summed E-state index contributed by atoms with van der Waals surface area (Å²) in [6.45, 7) is 13.2. The third kappa shape index (κ3) is 3.96. The van der Waals surface area contributed by atoms with E-state index in [-0.39, 0.29) is 16.9 Å². The van der Waals surface area contributed by atoms with Gasteiger partial charge in [0.25, 0.3) is 5.91 Å². The Bertz CT molecular complexity index is 1350. The molecule has 2 aliphatic rings. The van der Waals surface area contributed by atoms with Gasteiger partial charge in [-0.05, 0) is 100 Å². The van der Waals surface area contributed by atoms with Crippen molar-refractivity contribution in [1.82, 2.24) is 0 Å². The van der Waals surface area contributed by atoms with Crippen LogP contribution in [0.5, 0.6) is 0 Å². The van der Waals surface area contributed by atoms with Crippen LogP contribution in [0.1, 0.15) is 75.0 Å². The molecule has 0 aliphatic carbocycles. The minimum Gasteiger partial charge on any atom is -0.380 e. The Balaban J connectivity index is 1.64. The number of nitrogens with zero attached hydrogens (tertiary/aromatic N) is 1. The molecule has 2 heterocycles. The highest BCUT2D eigenvalue weighted by Crippen LogP contribution is 2.49. The first-order valence-corrected chi connectivity index (χ1v) is 12.6. The lowest BCUT2D eigenvalue weighted by molar-refractivity contribution is 0.0970. The molecule has 0 bridgehead atoms. The second-order valence-electron chi connectivity index (χ2n) is 11.4. The summed E-state index contributed by atoms with van der Waals surface area (Å²) in [6, 6.07) is 22.4. The van der Waals surface area contributed by atoms with Gasteiger partial charge in [-0.3, -0.25) is 9.69 Å². The first kappa shape index (κ1) is 23.7. The lowest BCUT2D eigenvalue weighted by Crippen LogP contribution is -2.49. The van der Waals surface area contributed by atoms with Crippen LogP contribution in [0.2, 0.25) is 5.02 Å². The van der Waals surface area contributed by atoms with E-state index in [1.54, 1.807) is 24.3 Å². The number of anilines is 2. The summed E-state index contributed by atoms with van der Waals surface area (Å²) in [5, 5.41) is 4.34. The molecule has 3 aromatic rings. The second kappa shape index (κ2) is 7.99. The van der Waals surface area contributed by atoms with Gasteiger partial charge >= 0.3 is 0 Å². The lowest BCUT2D eigenvalue weighted by atomic mass is 9.65. The molecule has 180 valence electrons. The van der Waals surface area contributed by atoms with Crippen molar-refractivity contribution in [2.45, 2.75) is 64.5 Å². The van der Waals surface area contributed by atoms with Crippen molar-refractivity contribution in [2.75, 3.05) is 10.2 Å². The molecular formula is C31H33ClN2O. The van der Waals surface area contributed by atoms with Gasteiger partial charge in [0.1, 0.15) is 0 Å². The number of benzene rings is 3. The van der Waals surface area contributed by atoms with Crippen molar-refractivity contribution in [3.8, 4) is 0 Å².